The molecule has 0 N–H and O–H groups in total. The Labute approximate surface area is 107 Å². The van der Waals surface area contributed by atoms with Gasteiger partial charge in [0, 0.05) is 20.1 Å². The summed E-state index contributed by atoms with van der Waals surface area (Å²) < 4.78 is 0. The average Bonchev–Trinajstić information content (AvgIpc) is 2.02. The van der Waals surface area contributed by atoms with Gasteiger partial charge in [-0.25, -0.2) is 0 Å². The average molecular weight is 384 g/mol. The summed E-state index contributed by atoms with van der Waals surface area (Å²) in [6, 6.07) is 0. The van der Waals surface area contributed by atoms with Gasteiger partial charge in [0.15, 0.2) is 0 Å². The van der Waals surface area contributed by atoms with Crippen LogP contribution < -0.4 is 0 Å². The van der Waals surface area contributed by atoms with Crippen molar-refractivity contribution in [2.24, 2.45) is 0 Å². The molecule has 87 valence electrons. The van der Waals surface area contributed by atoms with E-state index >= 15 is 0 Å². The van der Waals surface area contributed by atoms with E-state index in [0.29, 0.717) is 0 Å². The Balaban J connectivity index is 0. The minimum absolute atomic E-state index is 0. The number of allylic oxidation sites excluding steroid dienone is 6. The molecule has 0 bridgehead atoms. The Morgan fingerprint density at radius 1 is 1.07 bits per heavy atom. The molecule has 0 aromatic heterocycles. The summed E-state index contributed by atoms with van der Waals surface area (Å²) in [4.78, 5) is 9.93. The minimum atomic E-state index is 0. The van der Waals surface area contributed by atoms with Crippen LogP contribution in [-0.2, 0) is 24.9 Å². The Morgan fingerprint density at radius 3 is 1.53 bits per heavy atom. The second-order valence-electron chi connectivity index (χ2n) is 3.14. The van der Waals surface area contributed by atoms with Crippen LogP contribution in [0, 0.1) is 6.08 Å². The van der Waals surface area contributed by atoms with Gasteiger partial charge in [0.1, 0.15) is 0 Å². The van der Waals surface area contributed by atoms with Gasteiger partial charge in [0.2, 0.25) is 0 Å². The molecule has 1 aliphatic rings. The third-order valence-corrected chi connectivity index (χ3v) is 1.68. The van der Waals surface area contributed by atoms with E-state index in [9.17, 15) is 4.79 Å². The zero-order valence-electron chi connectivity index (χ0n) is 9.46. The first kappa shape index (κ1) is 17.0. The van der Waals surface area contributed by atoms with Crippen molar-refractivity contribution in [3.63, 3.8) is 0 Å². The van der Waals surface area contributed by atoms with Crippen LogP contribution in [0.1, 0.15) is 39.5 Å². The van der Waals surface area contributed by atoms with E-state index in [1.165, 1.54) is 38.7 Å². The molecule has 0 aromatic rings. The van der Waals surface area contributed by atoms with Gasteiger partial charge < -0.3 is 4.79 Å². The summed E-state index contributed by atoms with van der Waals surface area (Å²) in [5.74, 6) is 0.0532. The number of hydrogen-bond acceptors (Lipinski definition) is 1. The Morgan fingerprint density at radius 2 is 1.40 bits per heavy atom. The molecule has 0 atom stereocenters. The second-order valence-corrected chi connectivity index (χ2v) is 3.14. The molecule has 15 heavy (non-hydrogen) atoms. The molecule has 1 rings (SSSR count). The van der Waals surface area contributed by atoms with Crippen molar-refractivity contribution in [3.05, 3.63) is 36.5 Å². The van der Waals surface area contributed by atoms with Gasteiger partial charge in [0.25, 0.3) is 0 Å². The van der Waals surface area contributed by atoms with Crippen molar-refractivity contribution < 1.29 is 24.9 Å². The molecule has 0 unspecified atom stereocenters. The van der Waals surface area contributed by atoms with E-state index in [-0.39, 0.29) is 25.9 Å². The van der Waals surface area contributed by atoms with E-state index in [0.717, 1.165) is 0 Å². The van der Waals surface area contributed by atoms with Crippen molar-refractivity contribution in [2.45, 2.75) is 39.5 Å². The van der Waals surface area contributed by atoms with Crippen LogP contribution in [-0.4, -0.2) is 5.78 Å². The van der Waals surface area contributed by atoms with Gasteiger partial charge in [-0.3, -0.25) is 6.08 Å². The number of ketones is 1. The first-order chi connectivity index (χ1) is 6.77. The van der Waals surface area contributed by atoms with Gasteiger partial charge in [-0.1, -0.05) is 31.2 Å². The summed E-state index contributed by atoms with van der Waals surface area (Å²) >= 11 is 0. The van der Waals surface area contributed by atoms with Crippen molar-refractivity contribution in [1.29, 1.82) is 0 Å². The predicted octanol–water partition coefficient (Wildman–Crippen LogP) is 3.62. The second kappa shape index (κ2) is 13.5. The molecule has 1 aliphatic carbocycles. The van der Waals surface area contributed by atoms with Crippen molar-refractivity contribution in [3.8, 4) is 0 Å². The van der Waals surface area contributed by atoms with E-state index in [1.54, 1.807) is 6.92 Å². The molecule has 0 heterocycles. The largest absolute Gasteiger partial charge is 0.407 e. The fourth-order valence-corrected chi connectivity index (χ4v) is 1.06. The number of hydrogen-bond donors (Lipinski definition) is 0. The summed E-state index contributed by atoms with van der Waals surface area (Å²) in [5.41, 5.74) is 0. The van der Waals surface area contributed by atoms with Gasteiger partial charge in [0.05, 0.1) is 0 Å². The van der Waals surface area contributed by atoms with Gasteiger partial charge in [-0.15, -0.1) is 6.92 Å². The molecule has 0 saturated carbocycles. The van der Waals surface area contributed by atoms with Crippen LogP contribution in [0.4, 0.5) is 0 Å². The predicted molar refractivity (Wildman–Crippen MR) is 60.9 cm³/mol. The summed E-state index contributed by atoms with van der Waals surface area (Å²) in [7, 11) is 0. The smallest absolute Gasteiger partial charge is 0 e. The zero-order chi connectivity index (χ0) is 10.6. The summed E-state index contributed by atoms with van der Waals surface area (Å²) in [6.45, 7) is 3.19. The van der Waals surface area contributed by atoms with Crippen molar-refractivity contribution >= 4 is 5.78 Å². The Bertz CT molecular complexity index is 201. The molecule has 0 spiro atoms. The van der Waals surface area contributed by atoms with Crippen LogP contribution >= 0.6 is 0 Å². The maximum Gasteiger partial charge on any atom is 0 e. The molecule has 0 saturated heterocycles. The number of carbonyl (C=O) groups excluding carboxylic acids is 1. The third kappa shape index (κ3) is 16.2. The fraction of sp³-hybridized carbons (Fsp3) is 0.462. The fourth-order valence-electron chi connectivity index (χ4n) is 1.06. The Hall–Kier alpha value is -0.461. The van der Waals surface area contributed by atoms with Gasteiger partial charge in [-0.05, 0) is 31.5 Å². The zero-order valence-corrected chi connectivity index (χ0v) is 11.9. The summed E-state index contributed by atoms with van der Waals surface area (Å²) in [5, 5.41) is 0. The molecule has 0 fully saturated rings. The Kier molecular flexibility index (Phi) is 15.3. The standard InChI is InChI=1S/C8H12.C5H7O.Ir/c1-2-4-6-8-7-5-3-1;1-3-4-5(2)6;/h1-2,7-8H,3-6H2;4H,1-2H3;/q;-1;/b2-1-,8-7-;;. The van der Waals surface area contributed by atoms with Crippen molar-refractivity contribution in [2.75, 3.05) is 0 Å². The molecular formula is C13H19IrO-. The molecule has 0 amide bonds. The molecule has 0 aliphatic heterocycles. The first-order valence-electron chi connectivity index (χ1n) is 5.08. The van der Waals surface area contributed by atoms with Gasteiger partial charge in [-0.2, -0.15) is 6.08 Å². The van der Waals surface area contributed by atoms with E-state index in [2.05, 4.69) is 30.4 Å². The molecule has 2 heteroatoms. The molecule has 1 nitrogen and oxygen atoms in total. The summed E-state index contributed by atoms with van der Waals surface area (Å²) in [6.07, 6.45) is 18.0. The topological polar surface area (TPSA) is 17.1 Å². The molecular weight excluding hydrogens is 364 g/mol. The molecule has 1 radical (unpaired) electrons. The van der Waals surface area contributed by atoms with Crippen LogP contribution in [0.3, 0.4) is 0 Å². The SMILES string of the molecule is C1=C\CC/C=C\CC/1.C[C-]=CC(C)=O.[Ir]. The van der Waals surface area contributed by atoms with Crippen molar-refractivity contribution in [1.82, 2.24) is 0 Å². The van der Waals surface area contributed by atoms with E-state index < -0.39 is 0 Å². The quantitative estimate of drug-likeness (QED) is 0.384. The monoisotopic (exact) mass is 384 g/mol. The van der Waals surface area contributed by atoms with Crippen LogP contribution in [0.25, 0.3) is 0 Å². The first-order valence-corrected chi connectivity index (χ1v) is 5.08. The van der Waals surface area contributed by atoms with Crippen LogP contribution in [0.5, 0.6) is 0 Å². The maximum atomic E-state index is 9.93. The minimum Gasteiger partial charge on any atom is -0.407 e. The third-order valence-electron chi connectivity index (χ3n) is 1.68. The van der Waals surface area contributed by atoms with Crippen LogP contribution in [0.2, 0.25) is 0 Å². The number of carbonyl (C=O) groups is 1. The maximum absolute atomic E-state index is 9.93. The molecule has 0 aromatic carbocycles. The van der Waals surface area contributed by atoms with Crippen LogP contribution in [0.15, 0.2) is 30.4 Å². The van der Waals surface area contributed by atoms with Gasteiger partial charge >= 0.3 is 0 Å². The van der Waals surface area contributed by atoms with E-state index in [1.807, 2.05) is 0 Å². The van der Waals surface area contributed by atoms with E-state index in [4.69, 9.17) is 0 Å². The number of rotatable bonds is 1. The normalized spacial score (nSPS) is 18.8.